The molecular weight excluding hydrogens is 348 g/mol. The summed E-state index contributed by atoms with van der Waals surface area (Å²) in [5.41, 5.74) is 3.34. The Morgan fingerprint density at radius 3 is 1.90 bits per heavy atom. The summed E-state index contributed by atoms with van der Waals surface area (Å²) in [5.74, 6) is 6.67. The number of hydrogen-bond acceptors (Lipinski definition) is 0. The van der Waals surface area contributed by atoms with Crippen molar-refractivity contribution in [1.82, 2.24) is 0 Å². The molecule has 2 rings (SSSR count). The molecular formula is C29H50. The van der Waals surface area contributed by atoms with Crippen LogP contribution in [0.3, 0.4) is 0 Å². The van der Waals surface area contributed by atoms with Crippen LogP contribution in [0.2, 0.25) is 0 Å². The van der Waals surface area contributed by atoms with Gasteiger partial charge in [-0.15, -0.1) is 0 Å². The van der Waals surface area contributed by atoms with E-state index in [1.165, 1.54) is 51.4 Å². The molecule has 0 aromatic heterocycles. The molecule has 0 nitrogen and oxygen atoms in total. The van der Waals surface area contributed by atoms with Gasteiger partial charge < -0.3 is 0 Å². The molecule has 29 heavy (non-hydrogen) atoms. The van der Waals surface area contributed by atoms with Crippen LogP contribution in [0.1, 0.15) is 99.8 Å². The van der Waals surface area contributed by atoms with E-state index in [1.54, 1.807) is 11.1 Å². The van der Waals surface area contributed by atoms with Gasteiger partial charge in [-0.1, -0.05) is 90.3 Å². The van der Waals surface area contributed by atoms with Crippen molar-refractivity contribution in [1.29, 1.82) is 0 Å². The standard InChI is InChI=1S/C29H50/c1-9-11-25(29-19-23(7)15-17-27(29)21(4)5)13-10-12-24(8)28-18-22(6)14-16-26(28)20(2)3/h9,11-12,20-23,26-29H,1,10,13-19H2,2-8H3/b24-12?,25-11+. The Morgan fingerprint density at radius 2 is 1.38 bits per heavy atom. The minimum atomic E-state index is 0.767. The van der Waals surface area contributed by atoms with Crippen LogP contribution in [0.5, 0.6) is 0 Å². The van der Waals surface area contributed by atoms with Gasteiger partial charge in [0.15, 0.2) is 0 Å². The maximum Gasteiger partial charge on any atom is -0.0167 e. The molecule has 0 saturated heterocycles. The maximum atomic E-state index is 4.05. The van der Waals surface area contributed by atoms with E-state index >= 15 is 0 Å². The Hall–Kier alpha value is -0.780. The summed E-state index contributed by atoms with van der Waals surface area (Å²) in [7, 11) is 0. The first-order valence-electron chi connectivity index (χ1n) is 12.7. The monoisotopic (exact) mass is 398 g/mol. The van der Waals surface area contributed by atoms with Crippen molar-refractivity contribution in [3.05, 3.63) is 36.0 Å². The molecule has 0 bridgehead atoms. The van der Waals surface area contributed by atoms with E-state index < -0.39 is 0 Å². The van der Waals surface area contributed by atoms with Crippen molar-refractivity contribution in [2.45, 2.75) is 99.8 Å². The van der Waals surface area contributed by atoms with E-state index in [0.717, 1.165) is 47.3 Å². The summed E-state index contributed by atoms with van der Waals surface area (Å²) in [6.07, 6.45) is 17.9. The summed E-state index contributed by atoms with van der Waals surface area (Å²) in [5, 5.41) is 0. The average Bonchev–Trinajstić information content (AvgIpc) is 2.66. The Morgan fingerprint density at radius 1 is 0.862 bits per heavy atom. The zero-order valence-electron chi connectivity index (χ0n) is 20.7. The summed E-state index contributed by atoms with van der Waals surface area (Å²) < 4.78 is 0. The quantitative estimate of drug-likeness (QED) is 0.282. The molecule has 0 N–H and O–H groups in total. The largest absolute Gasteiger partial charge is 0.0991 e. The molecule has 0 aromatic rings. The lowest BCUT2D eigenvalue weighted by Crippen LogP contribution is -2.29. The average molecular weight is 399 g/mol. The van der Waals surface area contributed by atoms with Crippen LogP contribution in [0.15, 0.2) is 36.0 Å². The molecule has 166 valence electrons. The highest BCUT2D eigenvalue weighted by Crippen LogP contribution is 2.44. The third kappa shape index (κ3) is 6.86. The molecule has 0 amide bonds. The molecule has 6 atom stereocenters. The van der Waals surface area contributed by atoms with E-state index in [1.807, 2.05) is 6.08 Å². The Kier molecular flexibility index (Phi) is 9.77. The van der Waals surface area contributed by atoms with Gasteiger partial charge in [0.05, 0.1) is 0 Å². The molecule has 2 aliphatic carbocycles. The van der Waals surface area contributed by atoms with Crippen LogP contribution in [0.25, 0.3) is 0 Å². The second-order valence-electron chi connectivity index (χ2n) is 11.3. The number of hydrogen-bond donors (Lipinski definition) is 0. The van der Waals surface area contributed by atoms with E-state index in [4.69, 9.17) is 0 Å². The van der Waals surface area contributed by atoms with Crippen LogP contribution in [0, 0.1) is 47.3 Å². The van der Waals surface area contributed by atoms with Crippen molar-refractivity contribution in [3.63, 3.8) is 0 Å². The van der Waals surface area contributed by atoms with Gasteiger partial charge in [-0.3, -0.25) is 0 Å². The van der Waals surface area contributed by atoms with Gasteiger partial charge >= 0.3 is 0 Å². The molecule has 0 heteroatoms. The third-order valence-corrected chi connectivity index (χ3v) is 8.34. The van der Waals surface area contributed by atoms with E-state index in [2.05, 4.69) is 67.2 Å². The molecule has 0 aliphatic heterocycles. The zero-order valence-corrected chi connectivity index (χ0v) is 20.7. The van der Waals surface area contributed by atoms with Crippen LogP contribution < -0.4 is 0 Å². The van der Waals surface area contributed by atoms with Gasteiger partial charge in [-0.05, 0) is 92.8 Å². The summed E-state index contributed by atoms with van der Waals surface area (Å²) >= 11 is 0. The Labute approximate surface area is 183 Å². The van der Waals surface area contributed by atoms with Gasteiger partial charge in [-0.2, -0.15) is 0 Å². The lowest BCUT2D eigenvalue weighted by molar-refractivity contribution is 0.166. The maximum absolute atomic E-state index is 4.05. The molecule has 0 spiro atoms. The summed E-state index contributed by atoms with van der Waals surface area (Å²) in [6.45, 7) is 21.1. The highest BCUT2D eigenvalue weighted by Gasteiger charge is 2.33. The van der Waals surface area contributed by atoms with E-state index in [-0.39, 0.29) is 0 Å². The highest BCUT2D eigenvalue weighted by molar-refractivity contribution is 5.18. The SMILES string of the molecule is C=C/C=C(\CCC=C(C)C1CC(C)CCC1C(C)C)C1CC(C)CCC1C(C)C. The zero-order chi connectivity index (χ0) is 21.6. The second-order valence-corrected chi connectivity index (χ2v) is 11.3. The molecule has 0 heterocycles. The van der Waals surface area contributed by atoms with E-state index in [9.17, 15) is 0 Å². The lowest BCUT2D eigenvalue weighted by atomic mass is 9.66. The lowest BCUT2D eigenvalue weighted by Gasteiger charge is -2.39. The van der Waals surface area contributed by atoms with Crippen molar-refractivity contribution in [3.8, 4) is 0 Å². The summed E-state index contributed by atoms with van der Waals surface area (Å²) in [4.78, 5) is 0. The third-order valence-electron chi connectivity index (χ3n) is 8.34. The van der Waals surface area contributed by atoms with Crippen molar-refractivity contribution >= 4 is 0 Å². The van der Waals surface area contributed by atoms with Crippen LogP contribution in [0.4, 0.5) is 0 Å². The van der Waals surface area contributed by atoms with Crippen molar-refractivity contribution in [2.75, 3.05) is 0 Å². The van der Waals surface area contributed by atoms with Crippen LogP contribution in [-0.2, 0) is 0 Å². The topological polar surface area (TPSA) is 0 Å². The fourth-order valence-electron chi connectivity index (χ4n) is 6.52. The first-order valence-corrected chi connectivity index (χ1v) is 12.7. The van der Waals surface area contributed by atoms with Crippen molar-refractivity contribution in [2.24, 2.45) is 47.3 Å². The molecule has 0 radical (unpaired) electrons. The van der Waals surface area contributed by atoms with Gasteiger partial charge in [0, 0.05) is 0 Å². The van der Waals surface area contributed by atoms with Crippen LogP contribution in [-0.4, -0.2) is 0 Å². The minimum Gasteiger partial charge on any atom is -0.0991 e. The normalized spacial score (nSPS) is 34.7. The predicted octanol–water partition coefficient (Wildman–Crippen LogP) is 9.24. The molecule has 2 saturated carbocycles. The molecule has 0 aromatic carbocycles. The van der Waals surface area contributed by atoms with Gasteiger partial charge in [0.2, 0.25) is 0 Å². The van der Waals surface area contributed by atoms with Crippen LogP contribution >= 0.6 is 0 Å². The van der Waals surface area contributed by atoms with Crippen molar-refractivity contribution < 1.29 is 0 Å². The molecule has 2 fully saturated rings. The van der Waals surface area contributed by atoms with Gasteiger partial charge in [-0.25, -0.2) is 0 Å². The molecule has 6 unspecified atom stereocenters. The Bertz CT molecular complexity index is 561. The number of rotatable bonds is 8. The van der Waals surface area contributed by atoms with Gasteiger partial charge in [0.1, 0.15) is 0 Å². The fraction of sp³-hybridized carbons (Fsp3) is 0.793. The first kappa shape index (κ1) is 24.5. The second kappa shape index (κ2) is 11.6. The molecule has 2 aliphatic rings. The van der Waals surface area contributed by atoms with E-state index in [0.29, 0.717) is 0 Å². The predicted molar refractivity (Wildman–Crippen MR) is 131 cm³/mol. The first-order chi connectivity index (χ1) is 13.7. The minimum absolute atomic E-state index is 0.767. The Balaban J connectivity index is 2.07. The van der Waals surface area contributed by atoms with Gasteiger partial charge in [0.25, 0.3) is 0 Å². The number of allylic oxidation sites excluding steroid dienone is 5. The summed E-state index contributed by atoms with van der Waals surface area (Å²) in [6, 6.07) is 0. The smallest absolute Gasteiger partial charge is 0.0167 e. The highest BCUT2D eigenvalue weighted by atomic mass is 14.4. The fourth-order valence-corrected chi connectivity index (χ4v) is 6.52.